The molecule has 1 atom stereocenters. The summed E-state index contributed by atoms with van der Waals surface area (Å²) in [7, 11) is 1.67. The van der Waals surface area contributed by atoms with Crippen molar-refractivity contribution in [2.24, 2.45) is 0 Å². The second-order valence-corrected chi connectivity index (χ2v) is 8.69. The van der Waals surface area contributed by atoms with Gasteiger partial charge in [0.15, 0.2) is 0 Å². The fraction of sp³-hybridized carbons (Fsp3) is 0.464. The van der Waals surface area contributed by atoms with Crippen LogP contribution in [0.15, 0.2) is 66.6 Å². The molecule has 1 aromatic carbocycles. The van der Waals surface area contributed by atoms with E-state index in [1.165, 1.54) is 0 Å². The topological polar surface area (TPSA) is 53.6 Å². The third kappa shape index (κ3) is 9.21. The summed E-state index contributed by atoms with van der Waals surface area (Å²) in [6.07, 6.45) is 16.1. The molecule has 0 saturated carbocycles. The van der Waals surface area contributed by atoms with Gasteiger partial charge in [0, 0.05) is 19.1 Å². The van der Waals surface area contributed by atoms with Crippen LogP contribution >= 0.6 is 0 Å². The van der Waals surface area contributed by atoms with Crippen molar-refractivity contribution in [3.8, 4) is 5.75 Å². The first-order chi connectivity index (χ1) is 15.9. The molecule has 1 aromatic rings. The summed E-state index contributed by atoms with van der Waals surface area (Å²) >= 11 is 0. The fourth-order valence-corrected chi connectivity index (χ4v) is 3.83. The van der Waals surface area contributed by atoms with E-state index in [-0.39, 0.29) is 5.91 Å². The number of anilines is 1. The molecule has 1 heterocycles. The first-order valence-corrected chi connectivity index (χ1v) is 12.1. The minimum absolute atomic E-state index is 0.192. The number of rotatable bonds is 13. The average Bonchev–Trinajstić information content (AvgIpc) is 3.22. The molecule has 1 aliphatic heterocycles. The van der Waals surface area contributed by atoms with Crippen LogP contribution in [0.1, 0.15) is 58.4 Å². The quantitative estimate of drug-likeness (QED) is 0.287. The number of benzene rings is 1. The lowest BCUT2D eigenvalue weighted by Crippen LogP contribution is -2.34. The van der Waals surface area contributed by atoms with Gasteiger partial charge in [-0.3, -0.25) is 4.79 Å². The third-order valence-electron chi connectivity index (χ3n) is 5.71. The Labute approximate surface area is 200 Å². The van der Waals surface area contributed by atoms with Gasteiger partial charge in [-0.05, 0) is 63.3 Å². The van der Waals surface area contributed by atoms with Gasteiger partial charge in [-0.15, -0.1) is 0 Å². The molecular formula is C28H41N3O2. The predicted molar refractivity (Wildman–Crippen MR) is 139 cm³/mol. The van der Waals surface area contributed by atoms with E-state index in [2.05, 4.69) is 43.2 Å². The maximum absolute atomic E-state index is 12.7. The zero-order valence-electron chi connectivity index (χ0n) is 20.8. The number of allylic oxidation sites excluding steroid dienone is 5. The van der Waals surface area contributed by atoms with Crippen LogP contribution in [0.5, 0.6) is 5.75 Å². The molecule has 0 bridgehead atoms. The smallest absolute Gasteiger partial charge is 0.227 e. The number of hydrogen-bond donors (Lipinski definition) is 2. The first-order valence-electron chi connectivity index (χ1n) is 12.1. The van der Waals surface area contributed by atoms with Crippen LogP contribution in [0, 0.1) is 0 Å². The number of ether oxygens (including phenoxy) is 1. The molecule has 1 aliphatic rings. The summed E-state index contributed by atoms with van der Waals surface area (Å²) in [5.41, 5.74) is 2.88. The van der Waals surface area contributed by atoms with Crippen molar-refractivity contribution < 1.29 is 9.53 Å². The molecule has 0 aliphatic carbocycles. The third-order valence-corrected chi connectivity index (χ3v) is 5.71. The molecule has 0 radical (unpaired) electrons. The van der Waals surface area contributed by atoms with E-state index >= 15 is 0 Å². The van der Waals surface area contributed by atoms with Crippen molar-refractivity contribution in [3.63, 3.8) is 0 Å². The highest BCUT2D eigenvalue weighted by molar-refractivity contribution is 5.80. The Kier molecular flexibility index (Phi) is 11.4. The monoisotopic (exact) mass is 451 g/mol. The van der Waals surface area contributed by atoms with Crippen LogP contribution in [0.3, 0.4) is 0 Å². The van der Waals surface area contributed by atoms with Crippen molar-refractivity contribution in [1.82, 2.24) is 10.2 Å². The van der Waals surface area contributed by atoms with Crippen LogP contribution in [0.4, 0.5) is 5.69 Å². The standard InChI is InChI=1S/C28H41N3O2/c1-6-7-9-15-27(29-18-11-8-10-13-22(2)3)30-25-17-16-24(20-26(25)33-5)21-28(32)31-19-12-14-23(31)4/h8,10-11,13,15-17,20,23,29-30H,2,6-7,9,12,14,18-19,21H2,1,3-5H3/b11-8-,13-10-,27-15-. The largest absolute Gasteiger partial charge is 0.495 e. The van der Waals surface area contributed by atoms with Gasteiger partial charge in [0.1, 0.15) is 5.75 Å². The Bertz CT molecular complexity index is 870. The SMILES string of the molecule is C=C(C)/C=C\C=C/CN/C(=C/CCCC)Nc1ccc(CC(=O)N2CCCC2C)cc1OC. The molecule has 0 spiro atoms. The molecule has 1 amide bonds. The lowest BCUT2D eigenvalue weighted by molar-refractivity contribution is -0.130. The number of nitrogens with one attached hydrogen (secondary N) is 2. The van der Waals surface area contributed by atoms with E-state index in [0.29, 0.717) is 19.0 Å². The maximum atomic E-state index is 12.7. The number of nitrogens with zero attached hydrogens (tertiary/aromatic N) is 1. The van der Waals surface area contributed by atoms with Gasteiger partial charge >= 0.3 is 0 Å². The number of methoxy groups -OCH3 is 1. The van der Waals surface area contributed by atoms with Crippen LogP contribution in [-0.2, 0) is 11.2 Å². The van der Waals surface area contributed by atoms with E-state index in [9.17, 15) is 4.79 Å². The Morgan fingerprint density at radius 1 is 1.33 bits per heavy atom. The lowest BCUT2D eigenvalue weighted by Gasteiger charge is -2.22. The van der Waals surface area contributed by atoms with Gasteiger partial charge in [0.05, 0.1) is 25.0 Å². The van der Waals surface area contributed by atoms with Crippen LogP contribution in [-0.4, -0.2) is 37.0 Å². The summed E-state index contributed by atoms with van der Waals surface area (Å²) in [6.45, 7) is 11.7. The number of unbranched alkanes of at least 4 members (excludes halogenated alkanes) is 2. The summed E-state index contributed by atoms with van der Waals surface area (Å²) in [5.74, 6) is 1.87. The predicted octanol–water partition coefficient (Wildman–Crippen LogP) is 5.97. The van der Waals surface area contributed by atoms with Gasteiger partial charge in [0.2, 0.25) is 5.91 Å². The summed E-state index contributed by atoms with van der Waals surface area (Å²) in [5, 5.41) is 6.92. The second kappa shape index (κ2) is 14.2. The molecule has 180 valence electrons. The normalized spacial score (nSPS) is 16.5. The van der Waals surface area contributed by atoms with Gasteiger partial charge in [-0.2, -0.15) is 0 Å². The molecule has 0 aromatic heterocycles. The Morgan fingerprint density at radius 3 is 2.82 bits per heavy atom. The lowest BCUT2D eigenvalue weighted by atomic mass is 10.1. The molecule has 1 fully saturated rings. The van der Waals surface area contributed by atoms with Crippen molar-refractivity contribution >= 4 is 11.6 Å². The van der Waals surface area contributed by atoms with Gasteiger partial charge in [-0.1, -0.05) is 55.9 Å². The van der Waals surface area contributed by atoms with E-state index in [1.54, 1.807) is 7.11 Å². The molecule has 33 heavy (non-hydrogen) atoms. The minimum atomic E-state index is 0.192. The summed E-state index contributed by atoms with van der Waals surface area (Å²) in [6, 6.07) is 6.31. The van der Waals surface area contributed by atoms with E-state index < -0.39 is 0 Å². The summed E-state index contributed by atoms with van der Waals surface area (Å²) in [4.78, 5) is 14.7. The highest BCUT2D eigenvalue weighted by Crippen LogP contribution is 2.28. The molecular weight excluding hydrogens is 410 g/mol. The minimum Gasteiger partial charge on any atom is -0.495 e. The molecule has 2 N–H and O–H groups in total. The Balaban J connectivity index is 2.05. The second-order valence-electron chi connectivity index (χ2n) is 8.69. The van der Waals surface area contributed by atoms with Crippen LogP contribution in [0.2, 0.25) is 0 Å². The molecule has 1 unspecified atom stereocenters. The summed E-state index contributed by atoms with van der Waals surface area (Å²) < 4.78 is 5.65. The first kappa shape index (κ1) is 26.3. The van der Waals surface area contributed by atoms with Gasteiger partial charge < -0.3 is 20.3 Å². The van der Waals surface area contributed by atoms with E-state index in [0.717, 1.165) is 67.0 Å². The van der Waals surface area contributed by atoms with Gasteiger partial charge in [0.25, 0.3) is 0 Å². The van der Waals surface area contributed by atoms with Crippen molar-refractivity contribution in [1.29, 1.82) is 0 Å². The fourth-order valence-electron chi connectivity index (χ4n) is 3.83. The van der Waals surface area contributed by atoms with E-state index in [1.807, 2.05) is 48.3 Å². The number of carbonyl (C=O) groups is 1. The molecule has 2 rings (SSSR count). The molecule has 1 saturated heterocycles. The number of likely N-dealkylation sites (tertiary alicyclic amines) is 1. The number of hydrogen-bond acceptors (Lipinski definition) is 4. The Morgan fingerprint density at radius 2 is 2.15 bits per heavy atom. The van der Waals surface area contributed by atoms with Gasteiger partial charge in [-0.25, -0.2) is 0 Å². The Hall–Kier alpha value is -2.95. The van der Waals surface area contributed by atoms with Crippen LogP contribution in [0.25, 0.3) is 0 Å². The molecule has 5 nitrogen and oxygen atoms in total. The zero-order valence-corrected chi connectivity index (χ0v) is 20.8. The highest BCUT2D eigenvalue weighted by Gasteiger charge is 2.25. The van der Waals surface area contributed by atoms with Crippen molar-refractivity contribution in [2.45, 2.75) is 65.3 Å². The van der Waals surface area contributed by atoms with Crippen molar-refractivity contribution in [3.05, 3.63) is 72.1 Å². The highest BCUT2D eigenvalue weighted by atomic mass is 16.5. The maximum Gasteiger partial charge on any atom is 0.227 e. The number of carbonyl (C=O) groups excluding carboxylic acids is 1. The molecule has 5 heteroatoms. The number of amides is 1. The zero-order chi connectivity index (χ0) is 24.1. The average molecular weight is 452 g/mol. The van der Waals surface area contributed by atoms with E-state index in [4.69, 9.17) is 4.74 Å². The van der Waals surface area contributed by atoms with Crippen LogP contribution < -0.4 is 15.4 Å². The van der Waals surface area contributed by atoms with Crippen molar-refractivity contribution in [2.75, 3.05) is 25.5 Å².